The number of anilines is 1. The average Bonchev–Trinajstić information content (AvgIpc) is 3.72. The first-order valence-electron chi connectivity index (χ1n) is 22.7. The third kappa shape index (κ3) is 12.9. The van der Waals surface area contributed by atoms with Gasteiger partial charge in [-0.15, -0.1) is 0 Å². The van der Waals surface area contributed by atoms with Crippen LogP contribution in [0.1, 0.15) is 81.3 Å². The van der Waals surface area contributed by atoms with Gasteiger partial charge in [0.15, 0.2) is 6.29 Å². The molecule has 8 rings (SSSR count). The summed E-state index contributed by atoms with van der Waals surface area (Å²) < 4.78 is 81.3. The van der Waals surface area contributed by atoms with E-state index in [2.05, 4.69) is 0 Å². The van der Waals surface area contributed by atoms with Gasteiger partial charge in [-0.2, -0.15) is 18.4 Å². The predicted octanol–water partition coefficient (Wildman–Crippen LogP) is 10.4. The van der Waals surface area contributed by atoms with Gasteiger partial charge < -0.3 is 33.5 Å². The number of rotatable bonds is 15. The van der Waals surface area contributed by atoms with Gasteiger partial charge in [0.1, 0.15) is 12.2 Å². The lowest BCUT2D eigenvalue weighted by Gasteiger charge is -2.42. The summed E-state index contributed by atoms with van der Waals surface area (Å²) in [4.78, 5) is 28.7. The van der Waals surface area contributed by atoms with Gasteiger partial charge in [-0.05, 0) is 61.2 Å². The molecule has 0 aliphatic carbocycles. The lowest BCUT2D eigenvalue weighted by Crippen LogP contribution is -2.54. The number of imide groups is 1. The maximum absolute atomic E-state index is 14.2. The van der Waals surface area contributed by atoms with Gasteiger partial charge in [0, 0.05) is 12.8 Å². The molecule has 0 spiro atoms. The molecule has 0 aromatic heterocycles. The van der Waals surface area contributed by atoms with Gasteiger partial charge in [-0.3, -0.25) is 9.59 Å². The van der Waals surface area contributed by atoms with E-state index < -0.39 is 82.9 Å². The van der Waals surface area contributed by atoms with Gasteiger partial charge in [0.2, 0.25) is 11.8 Å². The standard InChI is InChI=1S/C47H49F3N2O8.C7H8O.CH4/c1-30-41(44(54)52(43(30)53)35-21-20-34(25-51)36(22-35)47(48,49)50)46(4)24-39(45(2,3)60-46)59-40-23-37(56-27-32-16-10-6-11-17-32)42(57-28-33-18-12-7-13-19-33)38(58-40)29-55-26-31-14-8-5-9-15-31;8-6-7-4-2-1-3-5-7;/h5-22,30,37-42H,23-24,26-29H2,1-4H3;1-5,8H,6H2;1H4/t30?,37?,38?,39?,40-,41?,42+,46?;;/m1../s1. The molecule has 0 bridgehead atoms. The molecule has 3 saturated heterocycles. The normalized spacial score (nSPS) is 25.3. The molecule has 3 aliphatic rings. The van der Waals surface area contributed by atoms with Gasteiger partial charge in [0.25, 0.3) is 0 Å². The van der Waals surface area contributed by atoms with Crippen LogP contribution in [0.4, 0.5) is 18.9 Å². The molecular formula is C55H61F3N2O9. The zero-order valence-electron chi connectivity index (χ0n) is 38.5. The number of hydrogen-bond acceptors (Lipinski definition) is 10. The third-order valence-electron chi connectivity index (χ3n) is 12.6. The van der Waals surface area contributed by atoms with Crippen molar-refractivity contribution in [1.29, 1.82) is 5.26 Å². The number of amides is 2. The number of benzene rings is 5. The molecule has 11 nitrogen and oxygen atoms in total. The second-order valence-corrected chi connectivity index (χ2v) is 18.0. The Balaban J connectivity index is 0.000000789. The fourth-order valence-electron chi connectivity index (χ4n) is 9.25. The Morgan fingerprint density at radius 3 is 1.83 bits per heavy atom. The maximum atomic E-state index is 14.2. The van der Waals surface area contributed by atoms with Crippen LogP contribution in [0, 0.1) is 23.2 Å². The van der Waals surface area contributed by atoms with Crippen LogP contribution in [0.25, 0.3) is 0 Å². The first kappa shape index (κ1) is 52.6. The molecule has 366 valence electrons. The number of nitriles is 1. The number of carbonyl (C=O) groups is 2. The van der Waals surface area contributed by atoms with Crippen molar-refractivity contribution in [2.75, 3.05) is 11.5 Å². The van der Waals surface area contributed by atoms with E-state index >= 15 is 0 Å². The number of ether oxygens (including phenoxy) is 6. The largest absolute Gasteiger partial charge is 0.417 e. The Hall–Kier alpha value is -5.76. The Labute approximate surface area is 402 Å². The van der Waals surface area contributed by atoms with Crippen LogP contribution in [-0.4, -0.2) is 65.4 Å². The number of aliphatic hydroxyl groups is 1. The fourth-order valence-corrected chi connectivity index (χ4v) is 9.25. The lowest BCUT2D eigenvalue weighted by atomic mass is 9.79. The van der Waals surface area contributed by atoms with E-state index in [-0.39, 0.29) is 39.2 Å². The highest BCUT2D eigenvalue weighted by Gasteiger charge is 2.62. The zero-order chi connectivity index (χ0) is 48.5. The van der Waals surface area contributed by atoms with E-state index in [1.807, 2.05) is 135 Å². The highest BCUT2D eigenvalue weighted by molar-refractivity contribution is 6.22. The van der Waals surface area contributed by atoms with Crippen LogP contribution in [-0.2, 0) is 70.6 Å². The molecule has 3 aliphatic heterocycles. The van der Waals surface area contributed by atoms with E-state index in [1.54, 1.807) is 13.8 Å². The maximum Gasteiger partial charge on any atom is 0.417 e. The Kier molecular flexibility index (Phi) is 17.7. The first-order valence-corrected chi connectivity index (χ1v) is 22.7. The van der Waals surface area contributed by atoms with Crippen LogP contribution in [0.15, 0.2) is 140 Å². The van der Waals surface area contributed by atoms with Crippen molar-refractivity contribution >= 4 is 17.5 Å². The van der Waals surface area contributed by atoms with Crippen LogP contribution in [0.3, 0.4) is 0 Å². The minimum Gasteiger partial charge on any atom is -0.392 e. The smallest absolute Gasteiger partial charge is 0.392 e. The number of hydrogen-bond donors (Lipinski definition) is 1. The number of halogens is 3. The summed E-state index contributed by atoms with van der Waals surface area (Å²) in [6.45, 7) is 8.25. The van der Waals surface area contributed by atoms with Crippen molar-refractivity contribution in [3.63, 3.8) is 0 Å². The van der Waals surface area contributed by atoms with Crippen molar-refractivity contribution < 1.29 is 56.3 Å². The molecule has 6 unspecified atom stereocenters. The van der Waals surface area contributed by atoms with E-state index in [0.717, 1.165) is 33.2 Å². The van der Waals surface area contributed by atoms with E-state index in [0.29, 0.717) is 25.9 Å². The van der Waals surface area contributed by atoms with Crippen molar-refractivity contribution in [2.24, 2.45) is 11.8 Å². The molecule has 14 heteroatoms. The van der Waals surface area contributed by atoms with E-state index in [4.69, 9.17) is 33.5 Å². The quantitative estimate of drug-likeness (QED) is 0.101. The molecule has 5 aromatic carbocycles. The minimum atomic E-state index is -4.87. The molecule has 69 heavy (non-hydrogen) atoms. The molecule has 3 fully saturated rings. The van der Waals surface area contributed by atoms with Gasteiger partial charge in [0.05, 0.1) is 91.2 Å². The molecule has 0 saturated carbocycles. The Bertz CT molecular complexity index is 2470. The summed E-state index contributed by atoms with van der Waals surface area (Å²) in [5.74, 6) is -3.34. The molecule has 0 radical (unpaired) electrons. The van der Waals surface area contributed by atoms with Crippen LogP contribution < -0.4 is 4.90 Å². The topological polar surface area (TPSA) is 137 Å². The average molecular weight is 951 g/mol. The third-order valence-corrected chi connectivity index (χ3v) is 12.6. The SMILES string of the molecule is C.CC1C(=O)N(c2ccc(C#N)c(C(F)(F)F)c2)C(=O)C1C1(C)CC(O[C@@H]2CC(OCc3ccccc3)[C@H](OCc3ccccc3)C(COCc3ccccc3)O2)C(C)(C)O1.OCc1ccccc1. The van der Waals surface area contributed by atoms with Gasteiger partial charge in [-0.1, -0.05) is 136 Å². The second kappa shape index (κ2) is 23.2. The summed E-state index contributed by atoms with van der Waals surface area (Å²) >= 11 is 0. The van der Waals surface area contributed by atoms with Crippen molar-refractivity contribution in [2.45, 2.75) is 122 Å². The summed E-state index contributed by atoms with van der Waals surface area (Å²) in [5.41, 5.74) is -0.426. The summed E-state index contributed by atoms with van der Waals surface area (Å²) in [5, 5.41) is 17.8. The molecular weight excluding hydrogens is 890 g/mol. The van der Waals surface area contributed by atoms with Crippen molar-refractivity contribution in [3.8, 4) is 6.07 Å². The van der Waals surface area contributed by atoms with Gasteiger partial charge >= 0.3 is 6.18 Å². The summed E-state index contributed by atoms with van der Waals surface area (Å²) in [6.07, 6.45) is -7.55. The highest BCUT2D eigenvalue weighted by atomic mass is 19.4. The number of nitrogens with zero attached hydrogens (tertiary/aromatic N) is 2. The molecule has 1 N–H and O–H groups in total. The van der Waals surface area contributed by atoms with E-state index in [1.165, 1.54) is 12.1 Å². The van der Waals surface area contributed by atoms with Gasteiger partial charge in [-0.25, -0.2) is 4.90 Å². The summed E-state index contributed by atoms with van der Waals surface area (Å²) in [7, 11) is 0. The van der Waals surface area contributed by atoms with Crippen LogP contribution >= 0.6 is 0 Å². The number of carbonyl (C=O) groups excluding carboxylic acids is 2. The molecule has 2 amide bonds. The summed E-state index contributed by atoms with van der Waals surface area (Å²) in [6, 6.07) is 43.3. The predicted molar refractivity (Wildman–Crippen MR) is 253 cm³/mol. The Morgan fingerprint density at radius 1 is 0.768 bits per heavy atom. The molecule has 8 atom stereocenters. The highest BCUT2D eigenvalue weighted by Crippen LogP contribution is 2.50. The van der Waals surface area contributed by atoms with Crippen LogP contribution in [0.5, 0.6) is 0 Å². The molecule has 3 heterocycles. The Morgan fingerprint density at radius 2 is 1.30 bits per heavy atom. The number of aliphatic hydroxyl groups excluding tert-OH is 1. The minimum absolute atomic E-state index is 0. The monoisotopic (exact) mass is 950 g/mol. The lowest BCUT2D eigenvalue weighted by molar-refractivity contribution is -0.294. The first-order chi connectivity index (χ1) is 32.6. The van der Waals surface area contributed by atoms with Crippen LogP contribution in [0.2, 0.25) is 0 Å². The second-order valence-electron chi connectivity index (χ2n) is 18.0. The number of alkyl halides is 3. The molecule has 5 aromatic rings. The fraction of sp³-hybridized carbons (Fsp3) is 0.400. The van der Waals surface area contributed by atoms with E-state index in [9.17, 15) is 28.0 Å². The zero-order valence-corrected chi connectivity index (χ0v) is 38.5. The van der Waals surface area contributed by atoms with Crippen molar-refractivity contribution in [1.82, 2.24) is 0 Å². The van der Waals surface area contributed by atoms with Crippen molar-refractivity contribution in [3.05, 3.63) is 173 Å².